The standard InChI is InChI=1S/C10H7FN3O5/c1-2-19-8-4(11)3-5-6(7(8)14(17)18)13-10(16)9(15)12-5/h3H,2H2,1H3,(H,12,15). The zero-order valence-electron chi connectivity index (χ0n) is 9.60. The first-order chi connectivity index (χ1) is 8.95. The Kier molecular flexibility index (Phi) is 3.03. The number of hydrogen-bond acceptors (Lipinski definition) is 5. The van der Waals surface area contributed by atoms with Gasteiger partial charge in [0.2, 0.25) is 5.75 Å². The van der Waals surface area contributed by atoms with E-state index in [2.05, 4.69) is 5.32 Å². The monoisotopic (exact) mass is 268 g/mol. The van der Waals surface area contributed by atoms with E-state index in [-0.39, 0.29) is 12.3 Å². The molecular formula is C10H7FN3O5. The molecule has 0 aliphatic carbocycles. The Morgan fingerprint density at radius 2 is 2.21 bits per heavy atom. The Morgan fingerprint density at radius 1 is 1.53 bits per heavy atom. The number of nitrogens with one attached hydrogen (secondary N) is 1. The number of hydrogen-bond donors (Lipinski definition) is 1. The van der Waals surface area contributed by atoms with Gasteiger partial charge in [0.1, 0.15) is 0 Å². The van der Waals surface area contributed by atoms with Gasteiger partial charge in [-0.25, -0.2) is 4.39 Å². The number of fused-ring (bicyclic) bond motifs is 1. The van der Waals surface area contributed by atoms with Gasteiger partial charge in [0.05, 0.1) is 17.2 Å². The number of amides is 2. The maximum Gasteiger partial charge on any atom is 0.341 e. The number of halogens is 1. The second-order valence-corrected chi connectivity index (χ2v) is 3.49. The fourth-order valence-corrected chi connectivity index (χ4v) is 1.60. The van der Waals surface area contributed by atoms with Gasteiger partial charge < -0.3 is 10.1 Å². The lowest BCUT2D eigenvalue weighted by molar-refractivity contribution is -0.385. The van der Waals surface area contributed by atoms with E-state index in [0.29, 0.717) is 0 Å². The number of rotatable bonds is 3. The van der Waals surface area contributed by atoms with Crippen molar-refractivity contribution in [3.05, 3.63) is 22.0 Å². The molecule has 0 atom stereocenters. The highest BCUT2D eigenvalue weighted by Crippen LogP contribution is 2.43. The number of nitro benzene ring substituents is 1. The molecule has 0 bridgehead atoms. The van der Waals surface area contributed by atoms with Crippen LogP contribution in [-0.4, -0.2) is 23.3 Å². The molecule has 2 amide bonds. The molecule has 1 aliphatic rings. The van der Waals surface area contributed by atoms with E-state index in [1.54, 1.807) is 0 Å². The van der Waals surface area contributed by atoms with Gasteiger partial charge in [-0.15, -0.1) is 0 Å². The topological polar surface area (TPSA) is 113 Å². The number of nitro groups is 1. The molecule has 0 saturated heterocycles. The van der Waals surface area contributed by atoms with E-state index in [1.165, 1.54) is 6.92 Å². The molecule has 19 heavy (non-hydrogen) atoms. The second-order valence-electron chi connectivity index (χ2n) is 3.49. The third-order valence-electron chi connectivity index (χ3n) is 2.31. The van der Waals surface area contributed by atoms with Crippen LogP contribution in [0.25, 0.3) is 0 Å². The van der Waals surface area contributed by atoms with E-state index in [9.17, 15) is 24.1 Å². The van der Waals surface area contributed by atoms with Gasteiger partial charge in [0.15, 0.2) is 11.5 Å². The molecule has 1 aromatic rings. The predicted molar refractivity (Wildman–Crippen MR) is 59.7 cm³/mol. The van der Waals surface area contributed by atoms with Crippen molar-refractivity contribution in [1.29, 1.82) is 0 Å². The number of anilines is 1. The van der Waals surface area contributed by atoms with Gasteiger partial charge in [0, 0.05) is 6.07 Å². The minimum Gasteiger partial charge on any atom is -0.485 e. The zero-order valence-corrected chi connectivity index (χ0v) is 9.60. The fourth-order valence-electron chi connectivity index (χ4n) is 1.60. The van der Waals surface area contributed by atoms with Crippen molar-refractivity contribution in [3.63, 3.8) is 0 Å². The van der Waals surface area contributed by atoms with Crippen molar-refractivity contribution in [2.75, 3.05) is 11.9 Å². The normalized spacial score (nSPS) is 13.4. The van der Waals surface area contributed by atoms with E-state index < -0.39 is 39.7 Å². The van der Waals surface area contributed by atoms with Gasteiger partial charge >= 0.3 is 17.5 Å². The van der Waals surface area contributed by atoms with Crippen LogP contribution in [0.1, 0.15) is 6.92 Å². The molecule has 0 spiro atoms. The Hall–Kier alpha value is -2.71. The molecule has 0 aromatic heterocycles. The third kappa shape index (κ3) is 2.05. The zero-order chi connectivity index (χ0) is 14.2. The van der Waals surface area contributed by atoms with Crippen molar-refractivity contribution in [2.24, 2.45) is 0 Å². The number of nitrogens with zero attached hydrogens (tertiary/aromatic N) is 2. The predicted octanol–water partition coefficient (Wildman–Crippen LogP) is 0.847. The third-order valence-corrected chi connectivity index (χ3v) is 2.31. The summed E-state index contributed by atoms with van der Waals surface area (Å²) in [6, 6.07) is 0.821. The summed E-state index contributed by atoms with van der Waals surface area (Å²) in [5, 5.41) is 16.3. The van der Waals surface area contributed by atoms with Gasteiger partial charge in [-0.2, -0.15) is 5.32 Å². The molecule has 1 aromatic carbocycles. The molecule has 99 valence electrons. The Bertz CT molecular complexity index is 601. The molecule has 1 N–H and O–H groups in total. The Balaban J connectivity index is 2.69. The number of ether oxygens (including phenoxy) is 1. The van der Waals surface area contributed by atoms with Gasteiger partial charge in [-0.3, -0.25) is 19.7 Å². The van der Waals surface area contributed by atoms with E-state index in [1.807, 2.05) is 5.32 Å². The van der Waals surface area contributed by atoms with Crippen LogP contribution in [0.2, 0.25) is 0 Å². The molecule has 8 nitrogen and oxygen atoms in total. The van der Waals surface area contributed by atoms with Crippen molar-refractivity contribution in [3.8, 4) is 5.75 Å². The minimum absolute atomic E-state index is 0.00312. The average Bonchev–Trinajstić information content (AvgIpc) is 2.32. The Morgan fingerprint density at radius 3 is 2.79 bits per heavy atom. The molecule has 0 unspecified atom stereocenters. The van der Waals surface area contributed by atoms with Crippen LogP contribution in [-0.2, 0) is 9.59 Å². The van der Waals surface area contributed by atoms with Crippen molar-refractivity contribution >= 4 is 28.9 Å². The van der Waals surface area contributed by atoms with Gasteiger partial charge in [-0.1, -0.05) is 0 Å². The highest BCUT2D eigenvalue weighted by molar-refractivity contribution is 6.42. The number of benzene rings is 1. The largest absolute Gasteiger partial charge is 0.485 e. The molecule has 9 heteroatoms. The molecule has 0 saturated carbocycles. The van der Waals surface area contributed by atoms with Crippen LogP contribution >= 0.6 is 0 Å². The van der Waals surface area contributed by atoms with Crippen LogP contribution < -0.4 is 15.4 Å². The van der Waals surface area contributed by atoms with Crippen molar-refractivity contribution in [2.45, 2.75) is 6.92 Å². The van der Waals surface area contributed by atoms with Crippen molar-refractivity contribution in [1.82, 2.24) is 5.32 Å². The molecule has 0 fully saturated rings. The first-order valence-electron chi connectivity index (χ1n) is 5.16. The summed E-state index contributed by atoms with van der Waals surface area (Å²) >= 11 is 0. The second kappa shape index (κ2) is 4.52. The molecule has 1 aliphatic heterocycles. The summed E-state index contributed by atoms with van der Waals surface area (Å²) in [5.74, 6) is -3.90. The number of carbonyl (C=O) groups excluding carboxylic acids is 2. The number of carbonyl (C=O) groups is 2. The summed E-state index contributed by atoms with van der Waals surface area (Å²) in [5.41, 5.74) is -1.44. The van der Waals surface area contributed by atoms with Crippen molar-refractivity contribution < 1.29 is 23.6 Å². The maximum atomic E-state index is 13.7. The van der Waals surface area contributed by atoms with Gasteiger partial charge in [0.25, 0.3) is 0 Å². The summed E-state index contributed by atoms with van der Waals surface area (Å²) in [7, 11) is 0. The smallest absolute Gasteiger partial charge is 0.341 e. The van der Waals surface area contributed by atoms with E-state index in [0.717, 1.165) is 6.07 Å². The summed E-state index contributed by atoms with van der Waals surface area (Å²) < 4.78 is 18.6. The lowest BCUT2D eigenvalue weighted by Crippen LogP contribution is -2.33. The van der Waals surface area contributed by atoms with Gasteiger partial charge in [-0.05, 0) is 6.92 Å². The molecule has 2 rings (SSSR count). The van der Waals surface area contributed by atoms with E-state index >= 15 is 0 Å². The van der Waals surface area contributed by atoms with Crippen LogP contribution in [0.15, 0.2) is 6.07 Å². The highest BCUT2D eigenvalue weighted by atomic mass is 19.1. The van der Waals surface area contributed by atoms with Crippen LogP contribution in [0.4, 0.5) is 21.5 Å². The molecule has 1 radical (unpaired) electrons. The summed E-state index contributed by atoms with van der Waals surface area (Å²) in [6.45, 7) is 1.52. The molecule has 1 heterocycles. The average molecular weight is 268 g/mol. The highest BCUT2D eigenvalue weighted by Gasteiger charge is 2.36. The summed E-state index contributed by atoms with van der Waals surface area (Å²) in [6.07, 6.45) is 0. The lowest BCUT2D eigenvalue weighted by Gasteiger charge is -2.17. The summed E-state index contributed by atoms with van der Waals surface area (Å²) in [4.78, 5) is 32.3. The first kappa shape index (κ1) is 12.7. The van der Waals surface area contributed by atoms with Crippen LogP contribution in [0, 0.1) is 15.9 Å². The van der Waals surface area contributed by atoms with Crippen LogP contribution in [0.5, 0.6) is 5.75 Å². The maximum absolute atomic E-state index is 13.7. The first-order valence-corrected chi connectivity index (χ1v) is 5.16. The quantitative estimate of drug-likeness (QED) is 0.496. The van der Waals surface area contributed by atoms with E-state index in [4.69, 9.17) is 4.74 Å². The lowest BCUT2D eigenvalue weighted by atomic mass is 10.1. The fraction of sp³-hybridized carbons (Fsp3) is 0.200. The minimum atomic E-state index is -1.19. The molecular weight excluding hydrogens is 261 g/mol. The Labute approximate surface area is 105 Å². The SMILES string of the molecule is CCOc1c(F)cc2c(c1[N+](=O)[O-])[N]C(=O)C(=O)N2. The van der Waals surface area contributed by atoms with Crippen LogP contribution in [0.3, 0.4) is 0 Å².